The number of nitrogen functional groups attached to an aromatic ring is 1. The van der Waals surface area contributed by atoms with Gasteiger partial charge in [0.1, 0.15) is 0 Å². The molecule has 0 bridgehead atoms. The van der Waals surface area contributed by atoms with Crippen LogP contribution in [0, 0.1) is 13.7 Å². The van der Waals surface area contributed by atoms with Gasteiger partial charge < -0.3 is 5.43 Å². The van der Waals surface area contributed by atoms with Gasteiger partial charge in [0.15, 0.2) is 0 Å². The Morgan fingerprint density at radius 3 is 2.67 bits per heavy atom. The lowest BCUT2D eigenvalue weighted by molar-refractivity contribution is -0.384. The number of non-ortho nitro benzene ring substituents is 1. The molecule has 0 aromatic heterocycles. The molecule has 0 spiro atoms. The molecule has 1 rings (SSSR count). The van der Waals surface area contributed by atoms with Crippen molar-refractivity contribution < 1.29 is 4.92 Å². The van der Waals surface area contributed by atoms with Crippen LogP contribution in [0.2, 0.25) is 0 Å². The summed E-state index contributed by atoms with van der Waals surface area (Å²) < 4.78 is 0.773. The van der Waals surface area contributed by atoms with E-state index in [0.717, 1.165) is 3.57 Å². The van der Waals surface area contributed by atoms with E-state index in [0.29, 0.717) is 5.69 Å². The third kappa shape index (κ3) is 2.05. The number of nitro groups is 1. The number of nitro benzene ring substituents is 1. The van der Waals surface area contributed by atoms with E-state index in [-0.39, 0.29) is 5.69 Å². The van der Waals surface area contributed by atoms with Crippen LogP contribution >= 0.6 is 22.6 Å². The average molecular weight is 279 g/mol. The topological polar surface area (TPSA) is 81.2 Å². The summed E-state index contributed by atoms with van der Waals surface area (Å²) in [5, 5.41) is 10.4. The molecule has 0 heterocycles. The van der Waals surface area contributed by atoms with Crippen molar-refractivity contribution in [3.8, 4) is 0 Å². The number of hydrogen-bond acceptors (Lipinski definition) is 4. The summed E-state index contributed by atoms with van der Waals surface area (Å²) in [6, 6.07) is 4.57. The Morgan fingerprint density at radius 2 is 2.17 bits per heavy atom. The molecule has 0 unspecified atom stereocenters. The number of hydrogen-bond donors (Lipinski definition) is 2. The zero-order chi connectivity index (χ0) is 9.14. The van der Waals surface area contributed by atoms with Crippen LogP contribution in [0.5, 0.6) is 0 Å². The Morgan fingerprint density at radius 1 is 1.50 bits per heavy atom. The molecule has 0 saturated carbocycles. The van der Waals surface area contributed by atoms with E-state index >= 15 is 0 Å². The maximum absolute atomic E-state index is 10.4. The van der Waals surface area contributed by atoms with Crippen molar-refractivity contribution in [2.24, 2.45) is 5.84 Å². The summed E-state index contributed by atoms with van der Waals surface area (Å²) in [6.45, 7) is 0. The Balaban J connectivity index is 3.15. The van der Waals surface area contributed by atoms with Crippen molar-refractivity contribution in [1.29, 1.82) is 0 Å². The summed E-state index contributed by atoms with van der Waals surface area (Å²) in [5.74, 6) is 5.11. The number of benzene rings is 1. The number of nitrogens with one attached hydrogen (secondary N) is 1. The standard InChI is InChI=1S/C6H6IN3O2/c7-4-1-5(9-8)3-6(2-4)10(11)12/h1-3,9H,8H2. The van der Waals surface area contributed by atoms with Crippen LogP contribution in [0.1, 0.15) is 0 Å². The van der Waals surface area contributed by atoms with Crippen molar-refractivity contribution in [1.82, 2.24) is 0 Å². The molecule has 0 atom stereocenters. The molecule has 3 N–H and O–H groups in total. The van der Waals surface area contributed by atoms with E-state index in [9.17, 15) is 10.1 Å². The summed E-state index contributed by atoms with van der Waals surface area (Å²) in [6.07, 6.45) is 0. The number of nitrogens with two attached hydrogens (primary N) is 1. The lowest BCUT2D eigenvalue weighted by Gasteiger charge is -1.99. The van der Waals surface area contributed by atoms with Crippen molar-refractivity contribution in [3.63, 3.8) is 0 Å². The zero-order valence-electron chi connectivity index (χ0n) is 5.95. The first-order valence-electron chi connectivity index (χ1n) is 3.05. The van der Waals surface area contributed by atoms with Crippen molar-refractivity contribution >= 4 is 34.0 Å². The molecular formula is C6H6IN3O2. The van der Waals surface area contributed by atoms with Gasteiger partial charge in [-0.2, -0.15) is 0 Å². The molecule has 6 heteroatoms. The minimum Gasteiger partial charge on any atom is -0.324 e. The molecule has 64 valence electrons. The molecular weight excluding hydrogens is 273 g/mol. The maximum atomic E-state index is 10.4. The van der Waals surface area contributed by atoms with Crippen LogP contribution in [0.4, 0.5) is 11.4 Å². The fourth-order valence-corrected chi connectivity index (χ4v) is 1.42. The number of halogens is 1. The minimum atomic E-state index is -0.455. The van der Waals surface area contributed by atoms with Gasteiger partial charge in [-0.1, -0.05) is 0 Å². The molecule has 0 fully saturated rings. The van der Waals surface area contributed by atoms with Gasteiger partial charge >= 0.3 is 0 Å². The molecule has 0 radical (unpaired) electrons. The second-order valence-corrected chi connectivity index (χ2v) is 3.35. The first-order chi connectivity index (χ1) is 5.63. The van der Waals surface area contributed by atoms with E-state index in [2.05, 4.69) is 5.43 Å². The number of hydrazine groups is 1. The second-order valence-electron chi connectivity index (χ2n) is 2.10. The van der Waals surface area contributed by atoms with Crippen molar-refractivity contribution in [2.45, 2.75) is 0 Å². The van der Waals surface area contributed by atoms with Crippen LogP contribution in [0.25, 0.3) is 0 Å². The number of anilines is 1. The molecule has 0 aliphatic carbocycles. The van der Waals surface area contributed by atoms with Gasteiger partial charge in [0.2, 0.25) is 0 Å². The molecule has 0 saturated heterocycles. The van der Waals surface area contributed by atoms with E-state index in [1.165, 1.54) is 12.1 Å². The first-order valence-corrected chi connectivity index (χ1v) is 4.13. The van der Waals surface area contributed by atoms with Crippen molar-refractivity contribution in [3.05, 3.63) is 31.9 Å². The third-order valence-corrected chi connectivity index (χ3v) is 1.88. The number of nitrogens with zero attached hydrogens (tertiary/aromatic N) is 1. The highest BCUT2D eigenvalue weighted by Gasteiger charge is 2.07. The van der Waals surface area contributed by atoms with Crippen LogP contribution in [-0.4, -0.2) is 4.92 Å². The normalized spacial score (nSPS) is 9.50. The zero-order valence-corrected chi connectivity index (χ0v) is 8.11. The van der Waals surface area contributed by atoms with Crippen LogP contribution < -0.4 is 11.3 Å². The smallest absolute Gasteiger partial charge is 0.272 e. The monoisotopic (exact) mass is 279 g/mol. The second kappa shape index (κ2) is 3.68. The Kier molecular flexibility index (Phi) is 2.82. The van der Waals surface area contributed by atoms with Crippen LogP contribution in [-0.2, 0) is 0 Å². The van der Waals surface area contributed by atoms with E-state index < -0.39 is 4.92 Å². The van der Waals surface area contributed by atoms with Gasteiger partial charge in [-0.3, -0.25) is 16.0 Å². The van der Waals surface area contributed by atoms with Gasteiger partial charge in [0.25, 0.3) is 5.69 Å². The van der Waals surface area contributed by atoms with Gasteiger partial charge in [-0.25, -0.2) is 0 Å². The van der Waals surface area contributed by atoms with Gasteiger partial charge in [0, 0.05) is 15.7 Å². The highest BCUT2D eigenvalue weighted by atomic mass is 127. The summed E-state index contributed by atoms with van der Waals surface area (Å²) in [4.78, 5) is 9.90. The summed E-state index contributed by atoms with van der Waals surface area (Å²) >= 11 is 1.99. The summed E-state index contributed by atoms with van der Waals surface area (Å²) in [5.41, 5.74) is 2.93. The van der Waals surface area contributed by atoms with Gasteiger partial charge in [-0.05, 0) is 28.7 Å². The Labute approximate surface area is 82.2 Å². The fourth-order valence-electron chi connectivity index (χ4n) is 0.763. The Bertz CT molecular complexity index is 316. The maximum Gasteiger partial charge on any atom is 0.272 e. The predicted octanol–water partition coefficient (Wildman–Crippen LogP) is 1.49. The molecule has 5 nitrogen and oxygen atoms in total. The predicted molar refractivity (Wildman–Crippen MR) is 53.6 cm³/mol. The molecule has 1 aromatic carbocycles. The van der Waals surface area contributed by atoms with Gasteiger partial charge in [0.05, 0.1) is 10.6 Å². The first kappa shape index (κ1) is 9.20. The molecule has 0 amide bonds. The minimum absolute atomic E-state index is 0.0369. The van der Waals surface area contributed by atoms with E-state index in [1.54, 1.807) is 6.07 Å². The van der Waals surface area contributed by atoms with E-state index in [4.69, 9.17) is 5.84 Å². The molecule has 0 aliphatic rings. The SMILES string of the molecule is NNc1cc(I)cc([N+](=O)[O-])c1. The lowest BCUT2D eigenvalue weighted by Crippen LogP contribution is -2.07. The lowest BCUT2D eigenvalue weighted by atomic mass is 10.3. The largest absolute Gasteiger partial charge is 0.324 e. The van der Waals surface area contributed by atoms with Crippen molar-refractivity contribution in [2.75, 3.05) is 5.43 Å². The third-order valence-electron chi connectivity index (χ3n) is 1.26. The highest BCUT2D eigenvalue weighted by molar-refractivity contribution is 14.1. The summed E-state index contributed by atoms with van der Waals surface area (Å²) in [7, 11) is 0. The number of rotatable bonds is 2. The fraction of sp³-hybridized carbons (Fsp3) is 0. The quantitative estimate of drug-likeness (QED) is 0.372. The molecule has 0 aliphatic heterocycles. The van der Waals surface area contributed by atoms with Crippen LogP contribution in [0.3, 0.4) is 0 Å². The average Bonchev–Trinajstić information content (AvgIpc) is 2.03. The highest BCUT2D eigenvalue weighted by Crippen LogP contribution is 2.20. The Hall–Kier alpha value is -0.890. The van der Waals surface area contributed by atoms with Gasteiger partial charge in [-0.15, -0.1) is 0 Å². The molecule has 1 aromatic rings. The van der Waals surface area contributed by atoms with Crippen LogP contribution in [0.15, 0.2) is 18.2 Å². The molecule has 12 heavy (non-hydrogen) atoms. The van der Waals surface area contributed by atoms with E-state index in [1.807, 2.05) is 22.6 Å².